The molecule has 3 saturated heterocycles. The molecule has 0 bridgehead atoms. The Kier molecular flexibility index (Phi) is 8.71. The first-order valence-corrected chi connectivity index (χ1v) is 9.66. The van der Waals surface area contributed by atoms with Gasteiger partial charge in [-0.2, -0.15) is 0 Å². The van der Waals surface area contributed by atoms with E-state index < -0.39 is 0 Å². The zero-order chi connectivity index (χ0) is 16.8. The molecule has 3 heterocycles. The van der Waals surface area contributed by atoms with Gasteiger partial charge in [0.05, 0.1) is 12.1 Å². The average molecular weight is 466 g/mol. The normalized spacial score (nSPS) is 27.4. The highest BCUT2D eigenvalue weighted by Crippen LogP contribution is 2.25. The molecule has 0 aliphatic carbocycles. The number of nitrogens with zero attached hydrogens (tertiary/aromatic N) is 3. The van der Waals surface area contributed by atoms with E-state index in [0.29, 0.717) is 6.04 Å². The molecule has 3 rings (SSSR count). The Morgan fingerprint density at radius 3 is 2.60 bits per heavy atom. The van der Waals surface area contributed by atoms with E-state index in [-0.39, 0.29) is 29.6 Å². The third-order valence-corrected chi connectivity index (χ3v) is 5.81. The predicted molar refractivity (Wildman–Crippen MR) is 112 cm³/mol. The molecular formula is C18H35IN4O2. The summed E-state index contributed by atoms with van der Waals surface area (Å²) < 4.78 is 11.3. The highest BCUT2D eigenvalue weighted by Gasteiger charge is 2.34. The summed E-state index contributed by atoms with van der Waals surface area (Å²) in [6.07, 6.45) is 5.85. The lowest BCUT2D eigenvalue weighted by molar-refractivity contribution is -0.0829. The van der Waals surface area contributed by atoms with Crippen LogP contribution >= 0.6 is 24.0 Å². The summed E-state index contributed by atoms with van der Waals surface area (Å²) in [6, 6.07) is 0.704. The van der Waals surface area contributed by atoms with Crippen LogP contribution in [-0.4, -0.2) is 87.0 Å². The minimum Gasteiger partial charge on any atom is -0.381 e. The van der Waals surface area contributed by atoms with Gasteiger partial charge in [0, 0.05) is 58.8 Å². The van der Waals surface area contributed by atoms with E-state index in [1.54, 1.807) is 0 Å². The summed E-state index contributed by atoms with van der Waals surface area (Å²) in [6.45, 7) is 10.1. The van der Waals surface area contributed by atoms with E-state index in [4.69, 9.17) is 14.5 Å². The van der Waals surface area contributed by atoms with Gasteiger partial charge in [-0.1, -0.05) is 0 Å². The van der Waals surface area contributed by atoms with Crippen LogP contribution in [-0.2, 0) is 9.47 Å². The van der Waals surface area contributed by atoms with Gasteiger partial charge in [-0.05, 0) is 39.3 Å². The second-order valence-electron chi connectivity index (χ2n) is 7.30. The summed E-state index contributed by atoms with van der Waals surface area (Å²) in [5, 5.41) is 3.49. The molecule has 0 aromatic carbocycles. The fraction of sp³-hybridized carbons (Fsp3) is 0.944. The van der Waals surface area contributed by atoms with Gasteiger partial charge < -0.3 is 19.7 Å². The lowest BCUT2D eigenvalue weighted by Crippen LogP contribution is -2.45. The first-order chi connectivity index (χ1) is 11.8. The van der Waals surface area contributed by atoms with E-state index in [9.17, 15) is 0 Å². The van der Waals surface area contributed by atoms with Crippen molar-refractivity contribution >= 4 is 29.9 Å². The third-order valence-electron chi connectivity index (χ3n) is 5.81. The predicted octanol–water partition coefficient (Wildman–Crippen LogP) is 1.94. The Morgan fingerprint density at radius 2 is 1.96 bits per heavy atom. The van der Waals surface area contributed by atoms with Gasteiger partial charge in [-0.3, -0.25) is 9.89 Å². The van der Waals surface area contributed by atoms with Crippen molar-refractivity contribution in [1.82, 2.24) is 15.1 Å². The monoisotopic (exact) mass is 466 g/mol. The number of hydrogen-bond donors (Lipinski definition) is 1. The summed E-state index contributed by atoms with van der Waals surface area (Å²) in [4.78, 5) is 10.1. The van der Waals surface area contributed by atoms with Crippen LogP contribution in [0.4, 0.5) is 0 Å². The number of likely N-dealkylation sites (tertiary alicyclic amines) is 2. The van der Waals surface area contributed by atoms with Gasteiger partial charge in [0.25, 0.3) is 0 Å². The Hall–Kier alpha value is -0.120. The molecule has 3 fully saturated rings. The highest BCUT2D eigenvalue weighted by molar-refractivity contribution is 14.0. The number of methoxy groups -OCH3 is 1. The Morgan fingerprint density at radius 1 is 1.24 bits per heavy atom. The highest BCUT2D eigenvalue weighted by atomic mass is 127. The van der Waals surface area contributed by atoms with Gasteiger partial charge in [-0.25, -0.2) is 0 Å². The maximum Gasteiger partial charge on any atom is 0.194 e. The van der Waals surface area contributed by atoms with Crippen LogP contribution in [0, 0.1) is 0 Å². The maximum atomic E-state index is 5.83. The molecule has 0 aromatic heterocycles. The van der Waals surface area contributed by atoms with Crippen LogP contribution < -0.4 is 5.32 Å². The molecule has 3 aliphatic rings. The molecule has 3 aliphatic heterocycles. The van der Waals surface area contributed by atoms with Crippen LogP contribution in [0.25, 0.3) is 0 Å². The van der Waals surface area contributed by atoms with E-state index >= 15 is 0 Å². The third kappa shape index (κ3) is 5.43. The van der Waals surface area contributed by atoms with Crippen molar-refractivity contribution in [2.45, 2.75) is 50.7 Å². The Balaban J connectivity index is 0.00000225. The number of nitrogens with one attached hydrogen (secondary N) is 1. The first-order valence-electron chi connectivity index (χ1n) is 9.66. The van der Waals surface area contributed by atoms with Crippen LogP contribution in [0.2, 0.25) is 0 Å². The van der Waals surface area contributed by atoms with Gasteiger partial charge in [-0.15, -0.1) is 24.0 Å². The minimum atomic E-state index is -0.146. The van der Waals surface area contributed by atoms with Crippen LogP contribution in [0.3, 0.4) is 0 Å². The van der Waals surface area contributed by atoms with Gasteiger partial charge in [0.15, 0.2) is 5.96 Å². The molecular weight excluding hydrogens is 431 g/mol. The molecule has 1 atom stereocenters. The largest absolute Gasteiger partial charge is 0.381 e. The van der Waals surface area contributed by atoms with E-state index in [2.05, 4.69) is 22.0 Å². The standard InChI is InChI=1S/C18H34N4O2.HI/c1-3-19-17(20-15-18(23-2)7-12-24-13-8-18)22-11-6-16(14-22)21-9-4-5-10-21;/h16H,3-15H2,1-2H3,(H,19,20);1H. The number of hydrogen-bond acceptors (Lipinski definition) is 4. The molecule has 0 spiro atoms. The molecule has 6 nitrogen and oxygen atoms in total. The van der Waals surface area contributed by atoms with Crippen LogP contribution in [0.15, 0.2) is 4.99 Å². The molecule has 0 amide bonds. The van der Waals surface area contributed by atoms with E-state index in [0.717, 1.165) is 58.2 Å². The topological polar surface area (TPSA) is 49.3 Å². The smallest absolute Gasteiger partial charge is 0.194 e. The van der Waals surface area contributed by atoms with Crippen molar-refractivity contribution in [3.8, 4) is 0 Å². The number of aliphatic imine (C=N–C) groups is 1. The fourth-order valence-corrected chi connectivity index (χ4v) is 4.15. The molecule has 7 heteroatoms. The number of halogens is 1. The average Bonchev–Trinajstić information content (AvgIpc) is 3.30. The summed E-state index contributed by atoms with van der Waals surface area (Å²) in [5.74, 6) is 1.06. The summed E-state index contributed by atoms with van der Waals surface area (Å²) in [5.41, 5.74) is -0.146. The molecule has 25 heavy (non-hydrogen) atoms. The SMILES string of the molecule is CCNC(=NCC1(OC)CCOCC1)N1CCC(N2CCCC2)C1.I. The quantitative estimate of drug-likeness (QED) is 0.382. The number of guanidine groups is 1. The molecule has 0 saturated carbocycles. The lowest BCUT2D eigenvalue weighted by Gasteiger charge is -2.35. The van der Waals surface area contributed by atoms with Crippen molar-refractivity contribution in [3.63, 3.8) is 0 Å². The minimum absolute atomic E-state index is 0. The first kappa shape index (κ1) is 21.2. The number of rotatable bonds is 5. The van der Waals surface area contributed by atoms with Crippen LogP contribution in [0.5, 0.6) is 0 Å². The van der Waals surface area contributed by atoms with Gasteiger partial charge in [0.1, 0.15) is 0 Å². The van der Waals surface area contributed by atoms with E-state index in [1.165, 1.54) is 32.4 Å². The van der Waals surface area contributed by atoms with Crippen molar-refractivity contribution in [3.05, 3.63) is 0 Å². The van der Waals surface area contributed by atoms with Crippen LogP contribution in [0.1, 0.15) is 39.0 Å². The molecule has 1 N–H and O–H groups in total. The Bertz CT molecular complexity index is 423. The number of ether oxygens (including phenoxy) is 2. The molecule has 0 aromatic rings. The van der Waals surface area contributed by atoms with Crippen molar-refractivity contribution < 1.29 is 9.47 Å². The zero-order valence-electron chi connectivity index (χ0n) is 15.8. The molecule has 146 valence electrons. The van der Waals surface area contributed by atoms with E-state index in [1.807, 2.05) is 7.11 Å². The summed E-state index contributed by atoms with van der Waals surface area (Å²) in [7, 11) is 1.81. The summed E-state index contributed by atoms with van der Waals surface area (Å²) >= 11 is 0. The Labute approximate surface area is 169 Å². The van der Waals surface area contributed by atoms with Gasteiger partial charge >= 0.3 is 0 Å². The van der Waals surface area contributed by atoms with Gasteiger partial charge in [0.2, 0.25) is 0 Å². The zero-order valence-corrected chi connectivity index (χ0v) is 18.2. The molecule has 1 unspecified atom stereocenters. The molecule has 0 radical (unpaired) electrons. The fourth-order valence-electron chi connectivity index (χ4n) is 4.15. The second kappa shape index (κ2) is 10.3. The lowest BCUT2D eigenvalue weighted by atomic mass is 9.94. The van der Waals surface area contributed by atoms with Crippen molar-refractivity contribution in [1.29, 1.82) is 0 Å². The second-order valence-corrected chi connectivity index (χ2v) is 7.30. The van der Waals surface area contributed by atoms with Crippen molar-refractivity contribution in [2.75, 3.05) is 59.6 Å². The van der Waals surface area contributed by atoms with Crippen molar-refractivity contribution in [2.24, 2.45) is 4.99 Å². The maximum absolute atomic E-state index is 5.83.